The molecule has 0 radical (unpaired) electrons. The number of hydrogen-bond donors (Lipinski definition) is 2. The minimum Gasteiger partial charge on any atom is -0.395 e. The van der Waals surface area contributed by atoms with Crippen LogP contribution in [0.15, 0.2) is 54.6 Å². The molecule has 4 nitrogen and oxygen atoms in total. The van der Waals surface area contributed by atoms with Crippen LogP contribution in [0.2, 0.25) is 5.02 Å². The standard InChI is InChI=1S/C19H23ClN2O2/c20-17-7-4-8-18(15-17)21-19(24)10-12-22(13-14-23)11-9-16-5-2-1-3-6-16/h1-8,15,23H,9-14H2,(H,21,24). The van der Waals surface area contributed by atoms with Crippen molar-refractivity contribution in [2.24, 2.45) is 0 Å². The van der Waals surface area contributed by atoms with Crippen molar-refractivity contribution >= 4 is 23.2 Å². The Labute approximate surface area is 148 Å². The maximum atomic E-state index is 12.1. The Balaban J connectivity index is 1.78. The van der Waals surface area contributed by atoms with Crippen LogP contribution in [0.4, 0.5) is 5.69 Å². The average Bonchev–Trinajstić information content (AvgIpc) is 2.58. The Kier molecular flexibility index (Phi) is 7.75. The molecular formula is C19H23ClN2O2. The molecule has 2 aromatic rings. The van der Waals surface area contributed by atoms with E-state index in [4.69, 9.17) is 11.6 Å². The van der Waals surface area contributed by atoms with Crippen molar-refractivity contribution < 1.29 is 9.90 Å². The second-order valence-corrected chi connectivity index (χ2v) is 6.05. The number of nitrogens with one attached hydrogen (secondary N) is 1. The number of aliphatic hydroxyl groups is 1. The number of carbonyl (C=O) groups is 1. The third-order valence-electron chi connectivity index (χ3n) is 3.74. The second-order valence-electron chi connectivity index (χ2n) is 5.61. The molecule has 0 saturated heterocycles. The van der Waals surface area contributed by atoms with Crippen molar-refractivity contribution in [2.75, 3.05) is 31.6 Å². The minimum absolute atomic E-state index is 0.0556. The highest BCUT2D eigenvalue weighted by atomic mass is 35.5. The van der Waals surface area contributed by atoms with Gasteiger partial charge in [-0.1, -0.05) is 48.0 Å². The summed E-state index contributed by atoms with van der Waals surface area (Å²) in [6, 6.07) is 17.3. The summed E-state index contributed by atoms with van der Waals surface area (Å²) in [4.78, 5) is 14.2. The van der Waals surface area contributed by atoms with E-state index in [9.17, 15) is 9.90 Å². The van der Waals surface area contributed by atoms with Gasteiger partial charge in [-0.25, -0.2) is 0 Å². The number of aliphatic hydroxyl groups excluding tert-OH is 1. The molecule has 0 bridgehead atoms. The van der Waals surface area contributed by atoms with Crippen molar-refractivity contribution in [2.45, 2.75) is 12.8 Å². The van der Waals surface area contributed by atoms with Gasteiger partial charge in [0.05, 0.1) is 6.61 Å². The second kappa shape index (κ2) is 10.1. The van der Waals surface area contributed by atoms with Crippen molar-refractivity contribution in [1.82, 2.24) is 4.90 Å². The molecular weight excluding hydrogens is 324 g/mol. The Hall–Kier alpha value is -1.88. The van der Waals surface area contributed by atoms with Crippen molar-refractivity contribution in [1.29, 1.82) is 0 Å². The van der Waals surface area contributed by atoms with E-state index in [-0.39, 0.29) is 12.5 Å². The third kappa shape index (κ3) is 6.71. The van der Waals surface area contributed by atoms with Crippen molar-refractivity contribution in [3.63, 3.8) is 0 Å². The normalized spacial score (nSPS) is 10.8. The van der Waals surface area contributed by atoms with Crippen molar-refractivity contribution in [3.8, 4) is 0 Å². The fraction of sp³-hybridized carbons (Fsp3) is 0.316. The molecule has 0 saturated carbocycles. The summed E-state index contributed by atoms with van der Waals surface area (Å²) in [6.45, 7) is 2.08. The van der Waals surface area contributed by atoms with Crippen LogP contribution in [0.25, 0.3) is 0 Å². The van der Waals surface area contributed by atoms with Crippen molar-refractivity contribution in [3.05, 3.63) is 65.2 Å². The molecule has 0 aliphatic carbocycles. The van der Waals surface area contributed by atoms with Gasteiger partial charge in [-0.2, -0.15) is 0 Å². The molecule has 2 aromatic carbocycles. The number of anilines is 1. The zero-order valence-corrected chi connectivity index (χ0v) is 14.4. The topological polar surface area (TPSA) is 52.6 Å². The molecule has 0 fully saturated rings. The summed E-state index contributed by atoms with van der Waals surface area (Å²) in [5.41, 5.74) is 1.95. The Morgan fingerprint density at radius 1 is 1.04 bits per heavy atom. The largest absolute Gasteiger partial charge is 0.395 e. The first kappa shape index (κ1) is 18.5. The van der Waals surface area contributed by atoms with Crippen LogP contribution in [0, 0.1) is 0 Å². The fourth-order valence-electron chi connectivity index (χ4n) is 2.46. The Bertz CT molecular complexity index is 634. The number of halogens is 1. The molecule has 0 spiro atoms. The first-order chi connectivity index (χ1) is 11.7. The lowest BCUT2D eigenvalue weighted by atomic mass is 10.1. The predicted octanol–water partition coefficient (Wildman–Crippen LogP) is 3.21. The van der Waals surface area contributed by atoms with Gasteiger partial charge >= 0.3 is 0 Å². The SMILES string of the molecule is O=C(CCN(CCO)CCc1ccccc1)Nc1cccc(Cl)c1. The maximum Gasteiger partial charge on any atom is 0.225 e. The lowest BCUT2D eigenvalue weighted by molar-refractivity contribution is -0.116. The molecule has 0 atom stereocenters. The Morgan fingerprint density at radius 3 is 2.54 bits per heavy atom. The van der Waals surface area contributed by atoms with Gasteiger partial charge in [-0.05, 0) is 30.2 Å². The highest BCUT2D eigenvalue weighted by Crippen LogP contribution is 2.15. The lowest BCUT2D eigenvalue weighted by Crippen LogP contribution is -2.32. The first-order valence-corrected chi connectivity index (χ1v) is 8.48. The quantitative estimate of drug-likeness (QED) is 0.733. The molecule has 0 aromatic heterocycles. The van der Waals surface area contributed by atoms with Gasteiger partial charge < -0.3 is 15.3 Å². The lowest BCUT2D eigenvalue weighted by Gasteiger charge is -2.21. The number of hydrogen-bond acceptors (Lipinski definition) is 3. The van der Waals surface area contributed by atoms with Crippen LogP contribution in [0.5, 0.6) is 0 Å². The van der Waals surface area contributed by atoms with E-state index in [1.807, 2.05) is 24.3 Å². The highest BCUT2D eigenvalue weighted by Gasteiger charge is 2.09. The van der Waals surface area contributed by atoms with Crippen LogP contribution >= 0.6 is 11.6 Å². The Morgan fingerprint density at radius 2 is 1.83 bits per heavy atom. The zero-order valence-electron chi connectivity index (χ0n) is 13.6. The molecule has 0 heterocycles. The van der Waals surface area contributed by atoms with E-state index in [0.29, 0.717) is 30.2 Å². The summed E-state index contributed by atoms with van der Waals surface area (Å²) in [7, 11) is 0. The summed E-state index contributed by atoms with van der Waals surface area (Å²) in [5, 5.41) is 12.6. The number of rotatable bonds is 9. The van der Waals surface area contributed by atoms with E-state index in [2.05, 4.69) is 22.3 Å². The van der Waals surface area contributed by atoms with Crippen LogP contribution in [-0.4, -0.2) is 42.2 Å². The minimum atomic E-state index is -0.0556. The summed E-state index contributed by atoms with van der Waals surface area (Å²) in [5.74, 6) is -0.0556. The first-order valence-electron chi connectivity index (χ1n) is 8.10. The highest BCUT2D eigenvalue weighted by molar-refractivity contribution is 6.30. The van der Waals surface area contributed by atoms with Gasteiger partial charge in [0, 0.05) is 36.8 Å². The molecule has 2 N–H and O–H groups in total. The average molecular weight is 347 g/mol. The zero-order chi connectivity index (χ0) is 17.2. The third-order valence-corrected chi connectivity index (χ3v) is 3.97. The molecule has 0 aliphatic heterocycles. The van der Waals surface area contributed by atoms with E-state index in [0.717, 1.165) is 13.0 Å². The molecule has 1 amide bonds. The van der Waals surface area contributed by atoms with Crippen LogP contribution in [0.1, 0.15) is 12.0 Å². The predicted molar refractivity (Wildman–Crippen MR) is 98.4 cm³/mol. The molecule has 0 aliphatic rings. The smallest absolute Gasteiger partial charge is 0.225 e. The van der Waals surface area contributed by atoms with Gasteiger partial charge in [-0.3, -0.25) is 4.79 Å². The molecule has 2 rings (SSSR count). The number of benzene rings is 2. The fourth-order valence-corrected chi connectivity index (χ4v) is 2.65. The van der Waals surface area contributed by atoms with Crippen LogP contribution in [-0.2, 0) is 11.2 Å². The number of nitrogens with zero attached hydrogens (tertiary/aromatic N) is 1. The van der Waals surface area contributed by atoms with Gasteiger partial charge in [-0.15, -0.1) is 0 Å². The number of amides is 1. The van der Waals surface area contributed by atoms with Gasteiger partial charge in [0.25, 0.3) is 0 Å². The number of carbonyl (C=O) groups excluding carboxylic acids is 1. The van der Waals surface area contributed by atoms with E-state index in [1.165, 1.54) is 5.56 Å². The van der Waals surface area contributed by atoms with E-state index >= 15 is 0 Å². The van der Waals surface area contributed by atoms with Gasteiger partial charge in [0.15, 0.2) is 0 Å². The monoisotopic (exact) mass is 346 g/mol. The van der Waals surface area contributed by atoms with Crippen LogP contribution < -0.4 is 5.32 Å². The molecule has 0 unspecified atom stereocenters. The van der Waals surface area contributed by atoms with E-state index in [1.54, 1.807) is 18.2 Å². The molecule has 5 heteroatoms. The maximum absolute atomic E-state index is 12.1. The summed E-state index contributed by atoms with van der Waals surface area (Å²) in [6.07, 6.45) is 1.28. The summed E-state index contributed by atoms with van der Waals surface area (Å²) < 4.78 is 0. The molecule has 128 valence electrons. The summed E-state index contributed by atoms with van der Waals surface area (Å²) >= 11 is 5.91. The van der Waals surface area contributed by atoms with Gasteiger partial charge in [0.2, 0.25) is 5.91 Å². The van der Waals surface area contributed by atoms with E-state index < -0.39 is 0 Å². The van der Waals surface area contributed by atoms with Crippen LogP contribution in [0.3, 0.4) is 0 Å². The molecule has 24 heavy (non-hydrogen) atoms. The van der Waals surface area contributed by atoms with Gasteiger partial charge in [0.1, 0.15) is 0 Å².